The van der Waals surface area contributed by atoms with Crippen LogP contribution in [0.5, 0.6) is 5.75 Å². The van der Waals surface area contributed by atoms with Crippen molar-refractivity contribution < 1.29 is 33.4 Å². The molecule has 38 heavy (non-hydrogen) atoms. The van der Waals surface area contributed by atoms with Gasteiger partial charge in [0.15, 0.2) is 5.58 Å². The van der Waals surface area contributed by atoms with E-state index in [1.807, 2.05) is 6.07 Å². The van der Waals surface area contributed by atoms with Crippen LogP contribution in [0.2, 0.25) is 0 Å². The first-order valence-corrected chi connectivity index (χ1v) is 12.1. The van der Waals surface area contributed by atoms with Gasteiger partial charge in [0.05, 0.1) is 26.3 Å². The number of fused-ring (bicyclic) bond motifs is 2. The lowest BCUT2D eigenvalue weighted by Gasteiger charge is -2.32. The van der Waals surface area contributed by atoms with Crippen molar-refractivity contribution in [2.24, 2.45) is 0 Å². The number of rotatable bonds is 8. The van der Waals surface area contributed by atoms with Crippen molar-refractivity contribution in [2.75, 3.05) is 25.2 Å². The van der Waals surface area contributed by atoms with Crippen LogP contribution < -0.4 is 20.3 Å². The number of carbonyl (C=O) groups excluding carboxylic acids is 4. The van der Waals surface area contributed by atoms with Gasteiger partial charge in [-0.3, -0.25) is 24.6 Å². The summed E-state index contributed by atoms with van der Waals surface area (Å²) in [7, 11) is 1.52. The molecule has 1 saturated heterocycles. The van der Waals surface area contributed by atoms with Crippen molar-refractivity contribution in [1.82, 2.24) is 20.5 Å². The van der Waals surface area contributed by atoms with Crippen molar-refractivity contribution in [1.29, 1.82) is 0 Å². The number of benzene rings is 1. The van der Waals surface area contributed by atoms with E-state index in [1.54, 1.807) is 42.2 Å². The lowest BCUT2D eigenvalue weighted by molar-refractivity contribution is -0.117. The van der Waals surface area contributed by atoms with E-state index in [4.69, 9.17) is 9.15 Å². The predicted molar refractivity (Wildman–Crippen MR) is 134 cm³/mol. The molecule has 3 aromatic rings. The molecule has 4 heterocycles. The predicted octanol–water partition coefficient (Wildman–Crippen LogP) is 1.65. The van der Waals surface area contributed by atoms with E-state index in [2.05, 4.69) is 15.6 Å². The van der Waals surface area contributed by atoms with Gasteiger partial charge in [-0.2, -0.15) is 0 Å². The summed E-state index contributed by atoms with van der Waals surface area (Å²) >= 11 is 0. The summed E-state index contributed by atoms with van der Waals surface area (Å²) in [6, 6.07) is 9.09. The topological polar surface area (TPSA) is 154 Å². The fourth-order valence-corrected chi connectivity index (χ4v) is 5.05. The van der Waals surface area contributed by atoms with Crippen molar-refractivity contribution in [3.8, 4) is 5.75 Å². The lowest BCUT2D eigenvalue weighted by atomic mass is 9.98. The highest BCUT2D eigenvalue weighted by Crippen LogP contribution is 2.34. The largest absolute Gasteiger partial charge is 0.497 e. The second-order valence-corrected chi connectivity index (χ2v) is 9.54. The molecule has 3 N–H and O–H groups in total. The Morgan fingerprint density at radius 2 is 2.11 bits per heavy atom. The second kappa shape index (κ2) is 9.78. The Labute approximate surface area is 217 Å². The molecule has 1 aromatic carbocycles. The summed E-state index contributed by atoms with van der Waals surface area (Å²) in [4.78, 5) is 56.6. The van der Waals surface area contributed by atoms with Crippen LogP contribution in [0.3, 0.4) is 0 Å². The van der Waals surface area contributed by atoms with Gasteiger partial charge in [0, 0.05) is 24.6 Å². The van der Waals surface area contributed by atoms with E-state index < -0.39 is 11.6 Å². The molecule has 12 heteroatoms. The number of aromatic nitrogens is 1. The van der Waals surface area contributed by atoms with Crippen LogP contribution in [0.15, 0.2) is 40.8 Å². The molecule has 0 unspecified atom stereocenters. The van der Waals surface area contributed by atoms with Crippen LogP contribution in [0.1, 0.15) is 41.4 Å². The molecule has 0 radical (unpaired) electrons. The van der Waals surface area contributed by atoms with E-state index in [9.17, 15) is 24.3 Å². The van der Waals surface area contributed by atoms with Gasteiger partial charge >= 0.3 is 6.03 Å². The van der Waals surface area contributed by atoms with Crippen molar-refractivity contribution in [2.45, 2.75) is 37.9 Å². The average Bonchev–Trinajstić information content (AvgIpc) is 3.58. The molecule has 2 aliphatic heterocycles. The minimum Gasteiger partial charge on any atom is -0.497 e. The zero-order valence-corrected chi connectivity index (χ0v) is 20.9. The molecule has 0 saturated carbocycles. The maximum absolute atomic E-state index is 13.2. The van der Waals surface area contributed by atoms with Gasteiger partial charge in [0.25, 0.3) is 5.91 Å². The highest BCUT2D eigenvalue weighted by molar-refractivity contribution is 5.99. The lowest BCUT2D eigenvalue weighted by Crippen LogP contribution is -2.53. The summed E-state index contributed by atoms with van der Waals surface area (Å²) in [5.74, 6) is 0.886. The molecule has 0 bridgehead atoms. The average molecular weight is 522 g/mol. The van der Waals surface area contributed by atoms with Gasteiger partial charge in [-0.1, -0.05) is 6.07 Å². The number of methoxy groups -OCH3 is 1. The van der Waals surface area contributed by atoms with Crippen LogP contribution in [-0.2, 0) is 21.7 Å². The van der Waals surface area contributed by atoms with Crippen molar-refractivity contribution in [3.63, 3.8) is 0 Å². The molecule has 5 amide bonds. The maximum atomic E-state index is 13.2. The summed E-state index contributed by atoms with van der Waals surface area (Å²) in [6.45, 7) is 1.85. The third-order valence-corrected chi connectivity index (χ3v) is 6.97. The summed E-state index contributed by atoms with van der Waals surface area (Å²) in [5.41, 5.74) is 0.903. The highest BCUT2D eigenvalue weighted by Gasteiger charge is 2.39. The normalized spacial score (nSPS) is 18.4. The first-order chi connectivity index (χ1) is 18.3. The SMILES string of the molecule is COc1ccc2c(c1)C(=O)N(C[C@](C)(NC(=O)NC=O)c1cc3nc(N4C(=O)CC[C@@H]4CO)ccc3o1)C2. The van der Waals surface area contributed by atoms with Crippen LogP contribution in [0, 0.1) is 0 Å². The maximum Gasteiger partial charge on any atom is 0.322 e. The van der Waals surface area contributed by atoms with Crippen molar-refractivity contribution in [3.05, 3.63) is 53.3 Å². The Morgan fingerprint density at radius 3 is 2.84 bits per heavy atom. The number of nitrogens with zero attached hydrogens (tertiary/aromatic N) is 3. The number of aliphatic hydroxyl groups is 1. The van der Waals surface area contributed by atoms with Gasteiger partial charge in [0.2, 0.25) is 12.3 Å². The molecular formula is C26H27N5O7. The quantitative estimate of drug-likeness (QED) is 0.378. The molecular weight excluding hydrogens is 494 g/mol. The summed E-state index contributed by atoms with van der Waals surface area (Å²) in [5, 5.41) is 14.5. The minimum atomic E-state index is -1.26. The number of anilines is 1. The van der Waals surface area contributed by atoms with Crippen LogP contribution in [0.25, 0.3) is 11.1 Å². The Morgan fingerprint density at radius 1 is 1.29 bits per heavy atom. The van der Waals surface area contributed by atoms with E-state index in [0.717, 1.165) is 5.56 Å². The molecule has 2 atom stereocenters. The molecule has 1 fully saturated rings. The molecule has 0 spiro atoms. The number of amides is 5. The smallest absolute Gasteiger partial charge is 0.322 e. The number of ether oxygens (including phenoxy) is 1. The van der Waals surface area contributed by atoms with Gasteiger partial charge in [-0.15, -0.1) is 0 Å². The minimum absolute atomic E-state index is 0.0268. The third-order valence-electron chi connectivity index (χ3n) is 6.97. The van der Waals surface area contributed by atoms with E-state index in [0.29, 0.717) is 53.4 Å². The summed E-state index contributed by atoms with van der Waals surface area (Å²) < 4.78 is 11.3. The third kappa shape index (κ3) is 4.43. The van der Waals surface area contributed by atoms with Crippen LogP contribution in [-0.4, -0.2) is 65.5 Å². The van der Waals surface area contributed by atoms with Crippen molar-refractivity contribution >= 4 is 41.2 Å². The van der Waals surface area contributed by atoms with Gasteiger partial charge in [-0.25, -0.2) is 9.78 Å². The highest BCUT2D eigenvalue weighted by atomic mass is 16.5. The summed E-state index contributed by atoms with van der Waals surface area (Å²) in [6.07, 6.45) is 1.13. The molecule has 5 rings (SSSR count). The number of urea groups is 1. The fourth-order valence-electron chi connectivity index (χ4n) is 5.05. The molecule has 2 aliphatic rings. The Kier molecular flexibility index (Phi) is 6.49. The van der Waals surface area contributed by atoms with E-state index in [-0.39, 0.29) is 37.4 Å². The monoisotopic (exact) mass is 521 g/mol. The van der Waals surface area contributed by atoms with Gasteiger partial charge in [-0.05, 0) is 43.2 Å². The molecule has 0 aliphatic carbocycles. The number of nitrogens with one attached hydrogen (secondary N) is 2. The molecule has 12 nitrogen and oxygen atoms in total. The standard InChI is InChI=1S/C26H27N5O7/c1-26(29-25(36)27-14-33,13-30-11-15-3-5-17(37-2)9-18(15)24(30)35)21-10-19-20(38-21)6-7-22(28-19)31-16(12-32)4-8-23(31)34/h3,5-7,9-10,14,16,32H,4,8,11-13H2,1-2H3,(H2,27,29,33,36)/t16-,26+/m1/s1. The van der Waals surface area contributed by atoms with Crippen LogP contribution in [0.4, 0.5) is 10.6 Å². The Balaban J connectivity index is 1.48. The number of carbonyl (C=O) groups is 4. The zero-order chi connectivity index (χ0) is 27.0. The molecule has 2 aromatic heterocycles. The number of imide groups is 1. The number of hydrogen-bond acceptors (Lipinski definition) is 8. The number of hydrogen-bond donors (Lipinski definition) is 3. The Bertz CT molecular complexity index is 1440. The van der Waals surface area contributed by atoms with Crippen LogP contribution >= 0.6 is 0 Å². The zero-order valence-electron chi connectivity index (χ0n) is 20.9. The second-order valence-electron chi connectivity index (χ2n) is 9.54. The molecule has 198 valence electrons. The van der Waals surface area contributed by atoms with Gasteiger partial charge in [0.1, 0.15) is 28.4 Å². The number of pyridine rings is 1. The number of furan rings is 1. The fraction of sp³-hybridized carbons (Fsp3) is 0.346. The van der Waals surface area contributed by atoms with E-state index >= 15 is 0 Å². The van der Waals surface area contributed by atoms with Gasteiger partial charge < -0.3 is 24.5 Å². The van der Waals surface area contributed by atoms with E-state index in [1.165, 1.54) is 12.0 Å². The first-order valence-electron chi connectivity index (χ1n) is 12.1. The number of aliphatic hydroxyl groups excluding tert-OH is 1. The first kappa shape index (κ1) is 25.2. The Hall–Kier alpha value is -4.45.